The number of rotatable bonds is 6. The lowest BCUT2D eigenvalue weighted by Crippen LogP contribution is -2.48. The molecule has 1 aliphatic rings. The van der Waals surface area contributed by atoms with Crippen molar-refractivity contribution in [2.24, 2.45) is 0 Å². The number of benzene rings is 1. The van der Waals surface area contributed by atoms with Crippen LogP contribution in [0.3, 0.4) is 0 Å². The lowest BCUT2D eigenvalue weighted by atomic mass is 10.1. The quantitative estimate of drug-likeness (QED) is 0.790. The monoisotopic (exact) mass is 309 g/mol. The Morgan fingerprint density at radius 2 is 2.18 bits per heavy atom. The zero-order valence-corrected chi connectivity index (χ0v) is 13.0. The van der Waals surface area contributed by atoms with Gasteiger partial charge in [0, 0.05) is 25.2 Å². The highest BCUT2D eigenvalue weighted by Gasteiger charge is 2.19. The molecule has 2 N–H and O–H groups in total. The van der Waals surface area contributed by atoms with Crippen LogP contribution in [0.25, 0.3) is 0 Å². The number of nitrogens with zero attached hydrogens (tertiary/aromatic N) is 1. The number of hydrogen-bond acceptors (Lipinski definition) is 3. The van der Waals surface area contributed by atoms with Gasteiger partial charge in [0.2, 0.25) is 0 Å². The number of carbonyl (C=O) groups is 1. The normalized spacial score (nSPS) is 16.3. The molecule has 1 aromatic rings. The fraction of sp³-hybridized carbons (Fsp3) is 0.562. The zero-order valence-electron chi connectivity index (χ0n) is 13.0. The Bertz CT molecular complexity index is 476. The minimum Gasteiger partial charge on any atom is -0.492 e. The van der Waals surface area contributed by atoms with E-state index in [4.69, 9.17) is 4.74 Å². The molecule has 5 nitrogen and oxygen atoms in total. The number of nitrogens with one attached hydrogen (secondary N) is 2. The van der Waals surface area contributed by atoms with Gasteiger partial charge < -0.3 is 20.3 Å². The minimum absolute atomic E-state index is 0.169. The maximum atomic E-state index is 13.0. The Labute approximate surface area is 130 Å². The van der Waals surface area contributed by atoms with Gasteiger partial charge in [0.15, 0.2) is 0 Å². The van der Waals surface area contributed by atoms with Crippen LogP contribution in [0.5, 0.6) is 5.75 Å². The summed E-state index contributed by atoms with van der Waals surface area (Å²) >= 11 is 0. The van der Waals surface area contributed by atoms with Gasteiger partial charge in [0.05, 0.1) is 6.54 Å². The average Bonchev–Trinajstić information content (AvgIpc) is 2.52. The number of likely N-dealkylation sites (tertiary alicyclic amines) is 1. The molecule has 22 heavy (non-hydrogen) atoms. The molecule has 1 saturated heterocycles. The van der Waals surface area contributed by atoms with Gasteiger partial charge in [0.25, 0.3) is 0 Å². The average molecular weight is 309 g/mol. The van der Waals surface area contributed by atoms with Gasteiger partial charge in [-0.2, -0.15) is 0 Å². The van der Waals surface area contributed by atoms with Crippen LogP contribution in [0.4, 0.5) is 9.18 Å². The van der Waals surface area contributed by atoms with Gasteiger partial charge in [-0.1, -0.05) is 13.0 Å². The van der Waals surface area contributed by atoms with Crippen molar-refractivity contribution in [1.29, 1.82) is 0 Å². The molecule has 0 unspecified atom stereocenters. The van der Waals surface area contributed by atoms with Crippen LogP contribution in [0.15, 0.2) is 24.3 Å². The van der Waals surface area contributed by atoms with Crippen LogP contribution in [-0.4, -0.2) is 49.8 Å². The molecular formula is C16H24FN3O2. The fourth-order valence-corrected chi connectivity index (χ4v) is 2.52. The van der Waals surface area contributed by atoms with Crippen LogP contribution < -0.4 is 15.4 Å². The molecular weight excluding hydrogens is 285 g/mol. The smallest absolute Gasteiger partial charge is 0.315 e. The summed E-state index contributed by atoms with van der Waals surface area (Å²) < 4.78 is 18.3. The summed E-state index contributed by atoms with van der Waals surface area (Å²) in [7, 11) is 0. The van der Waals surface area contributed by atoms with E-state index in [9.17, 15) is 9.18 Å². The van der Waals surface area contributed by atoms with E-state index in [1.54, 1.807) is 12.1 Å². The van der Waals surface area contributed by atoms with E-state index in [1.165, 1.54) is 12.1 Å². The molecule has 1 fully saturated rings. The molecule has 2 rings (SSSR count). The highest BCUT2D eigenvalue weighted by atomic mass is 19.1. The molecule has 1 aromatic carbocycles. The van der Waals surface area contributed by atoms with Crippen molar-refractivity contribution in [3.63, 3.8) is 0 Å². The number of urea groups is 1. The molecule has 0 radical (unpaired) electrons. The predicted octanol–water partition coefficient (Wildman–Crippen LogP) is 1.99. The minimum atomic E-state index is -0.332. The summed E-state index contributed by atoms with van der Waals surface area (Å²) in [4.78, 5) is 14.2. The van der Waals surface area contributed by atoms with Crippen molar-refractivity contribution in [3.8, 4) is 5.75 Å². The molecule has 0 spiro atoms. The zero-order chi connectivity index (χ0) is 15.8. The van der Waals surface area contributed by atoms with Crippen LogP contribution in [0.1, 0.15) is 19.8 Å². The van der Waals surface area contributed by atoms with E-state index in [0.717, 1.165) is 32.5 Å². The third kappa shape index (κ3) is 5.52. The Morgan fingerprint density at radius 1 is 1.41 bits per heavy atom. The number of amides is 2. The van der Waals surface area contributed by atoms with Crippen molar-refractivity contribution >= 4 is 6.03 Å². The summed E-state index contributed by atoms with van der Waals surface area (Å²) in [6.45, 7) is 5.98. The number of halogens is 1. The van der Waals surface area contributed by atoms with Crippen molar-refractivity contribution in [1.82, 2.24) is 15.5 Å². The molecule has 2 amide bonds. The van der Waals surface area contributed by atoms with Crippen molar-refractivity contribution in [3.05, 3.63) is 30.1 Å². The SMILES string of the molecule is CCN1CCC(NC(=O)NCCOc2cccc(F)c2)CC1. The van der Waals surface area contributed by atoms with Gasteiger partial charge >= 0.3 is 6.03 Å². The Morgan fingerprint density at radius 3 is 2.86 bits per heavy atom. The van der Waals surface area contributed by atoms with Gasteiger partial charge in [-0.3, -0.25) is 0 Å². The Balaban J connectivity index is 1.58. The van der Waals surface area contributed by atoms with E-state index in [-0.39, 0.29) is 17.9 Å². The second kappa shape index (κ2) is 8.58. The largest absolute Gasteiger partial charge is 0.492 e. The van der Waals surface area contributed by atoms with Crippen LogP contribution in [-0.2, 0) is 0 Å². The van der Waals surface area contributed by atoms with E-state index in [1.807, 2.05) is 0 Å². The molecule has 0 saturated carbocycles. The standard InChI is InChI=1S/C16H24FN3O2/c1-2-20-9-6-14(7-10-20)19-16(21)18-8-11-22-15-5-3-4-13(17)12-15/h3-5,12,14H,2,6-11H2,1H3,(H2,18,19,21). The van der Waals surface area contributed by atoms with E-state index < -0.39 is 0 Å². The molecule has 0 aliphatic carbocycles. The van der Waals surface area contributed by atoms with Gasteiger partial charge in [0.1, 0.15) is 18.2 Å². The third-order valence-electron chi connectivity index (χ3n) is 3.82. The number of carbonyl (C=O) groups excluding carboxylic acids is 1. The van der Waals surface area contributed by atoms with Crippen molar-refractivity contribution in [2.45, 2.75) is 25.8 Å². The maximum absolute atomic E-state index is 13.0. The topological polar surface area (TPSA) is 53.6 Å². The molecule has 0 bridgehead atoms. The first kappa shape index (κ1) is 16.5. The first-order valence-electron chi connectivity index (χ1n) is 7.82. The summed E-state index contributed by atoms with van der Waals surface area (Å²) in [5, 5.41) is 5.74. The molecule has 1 heterocycles. The van der Waals surface area contributed by atoms with Crippen molar-refractivity contribution in [2.75, 3.05) is 32.8 Å². The first-order valence-corrected chi connectivity index (χ1v) is 7.82. The lowest BCUT2D eigenvalue weighted by Gasteiger charge is -2.31. The summed E-state index contributed by atoms with van der Waals surface area (Å²) in [6, 6.07) is 6.03. The Kier molecular flexibility index (Phi) is 6.45. The summed E-state index contributed by atoms with van der Waals surface area (Å²) in [6.07, 6.45) is 1.97. The second-order valence-corrected chi connectivity index (χ2v) is 5.41. The molecule has 0 aromatic heterocycles. The summed E-state index contributed by atoms with van der Waals surface area (Å²) in [5.74, 6) is 0.135. The van der Waals surface area contributed by atoms with Crippen molar-refractivity contribution < 1.29 is 13.9 Å². The van der Waals surface area contributed by atoms with Gasteiger partial charge in [-0.25, -0.2) is 9.18 Å². The second-order valence-electron chi connectivity index (χ2n) is 5.41. The van der Waals surface area contributed by atoms with Crippen LogP contribution >= 0.6 is 0 Å². The van der Waals surface area contributed by atoms with Gasteiger partial charge in [-0.15, -0.1) is 0 Å². The number of hydrogen-bond donors (Lipinski definition) is 2. The van der Waals surface area contributed by atoms with Crippen LogP contribution in [0, 0.1) is 5.82 Å². The first-order chi connectivity index (χ1) is 10.7. The maximum Gasteiger partial charge on any atom is 0.315 e. The van der Waals surface area contributed by atoms with E-state index in [0.29, 0.717) is 18.9 Å². The summed E-state index contributed by atoms with van der Waals surface area (Å²) in [5.41, 5.74) is 0. The highest BCUT2D eigenvalue weighted by molar-refractivity contribution is 5.74. The lowest BCUT2D eigenvalue weighted by molar-refractivity contribution is 0.197. The third-order valence-corrected chi connectivity index (χ3v) is 3.82. The highest BCUT2D eigenvalue weighted by Crippen LogP contribution is 2.11. The molecule has 122 valence electrons. The molecule has 6 heteroatoms. The van der Waals surface area contributed by atoms with Gasteiger partial charge in [-0.05, 0) is 31.5 Å². The predicted molar refractivity (Wildman–Crippen MR) is 83.6 cm³/mol. The number of piperidine rings is 1. The van der Waals surface area contributed by atoms with E-state index >= 15 is 0 Å². The Hall–Kier alpha value is -1.82. The van der Waals surface area contributed by atoms with Crippen LogP contribution in [0.2, 0.25) is 0 Å². The number of ether oxygens (including phenoxy) is 1. The fourth-order valence-electron chi connectivity index (χ4n) is 2.52. The molecule has 0 atom stereocenters. The van der Waals surface area contributed by atoms with E-state index in [2.05, 4.69) is 22.5 Å². The molecule has 1 aliphatic heterocycles.